The van der Waals surface area contributed by atoms with E-state index in [-0.39, 0.29) is 18.1 Å². The summed E-state index contributed by atoms with van der Waals surface area (Å²) in [7, 11) is 1.94. The van der Waals surface area contributed by atoms with E-state index in [9.17, 15) is 4.79 Å². The average molecular weight is 343 g/mol. The van der Waals surface area contributed by atoms with Crippen LogP contribution in [0.3, 0.4) is 0 Å². The lowest BCUT2D eigenvalue weighted by molar-refractivity contribution is -0.00703. The van der Waals surface area contributed by atoms with Crippen molar-refractivity contribution in [3.63, 3.8) is 0 Å². The second-order valence-electron chi connectivity index (χ2n) is 7.24. The molecule has 2 aliphatic heterocycles. The number of aromatic amines is 1. The van der Waals surface area contributed by atoms with Crippen molar-refractivity contribution in [2.24, 2.45) is 7.05 Å². The number of aryl methyl sites for hydroxylation is 1. The van der Waals surface area contributed by atoms with Gasteiger partial charge in [-0.05, 0) is 32.8 Å². The van der Waals surface area contributed by atoms with Crippen LogP contribution in [0.1, 0.15) is 66.2 Å². The second-order valence-corrected chi connectivity index (χ2v) is 7.24. The molecule has 2 aliphatic rings. The Morgan fingerprint density at radius 1 is 1.32 bits per heavy atom. The predicted molar refractivity (Wildman–Crippen MR) is 92.3 cm³/mol. The van der Waals surface area contributed by atoms with Crippen molar-refractivity contribution < 1.29 is 9.53 Å². The van der Waals surface area contributed by atoms with Crippen molar-refractivity contribution in [1.82, 2.24) is 24.9 Å². The minimum absolute atomic E-state index is 0.0392. The van der Waals surface area contributed by atoms with E-state index < -0.39 is 0 Å². The molecule has 4 rings (SSSR count). The number of nitrogens with one attached hydrogen (secondary N) is 1. The Kier molecular flexibility index (Phi) is 4.11. The topological polar surface area (TPSA) is 76.0 Å². The summed E-state index contributed by atoms with van der Waals surface area (Å²) < 4.78 is 7.65. The lowest BCUT2D eigenvalue weighted by Crippen LogP contribution is -2.39. The summed E-state index contributed by atoms with van der Waals surface area (Å²) in [6, 6.07) is 2.08. The number of fused-ring (bicyclic) bond motifs is 1. The van der Waals surface area contributed by atoms with Gasteiger partial charge in [0.2, 0.25) is 0 Å². The molecule has 134 valence electrons. The van der Waals surface area contributed by atoms with Crippen LogP contribution in [0.25, 0.3) is 0 Å². The number of likely N-dealkylation sites (tertiary alicyclic amines) is 1. The van der Waals surface area contributed by atoms with Gasteiger partial charge < -0.3 is 9.64 Å². The van der Waals surface area contributed by atoms with Gasteiger partial charge in [0.15, 0.2) is 5.69 Å². The van der Waals surface area contributed by atoms with Crippen molar-refractivity contribution in [3.05, 3.63) is 34.9 Å². The molecule has 1 amide bonds. The molecule has 0 saturated carbocycles. The fraction of sp³-hybridized carbons (Fsp3) is 0.611. The minimum atomic E-state index is -0.0392. The van der Waals surface area contributed by atoms with E-state index in [4.69, 9.17) is 4.74 Å². The molecule has 2 atom stereocenters. The van der Waals surface area contributed by atoms with E-state index in [1.807, 2.05) is 36.7 Å². The highest BCUT2D eigenvalue weighted by atomic mass is 16.5. The molecule has 0 radical (unpaired) electrons. The van der Waals surface area contributed by atoms with Gasteiger partial charge in [-0.2, -0.15) is 10.2 Å². The Morgan fingerprint density at radius 3 is 2.76 bits per heavy atom. The largest absolute Gasteiger partial charge is 0.369 e. The molecule has 7 nitrogen and oxygen atoms in total. The molecule has 4 heterocycles. The van der Waals surface area contributed by atoms with Crippen LogP contribution < -0.4 is 0 Å². The van der Waals surface area contributed by atoms with Crippen LogP contribution in [0.2, 0.25) is 0 Å². The zero-order chi connectivity index (χ0) is 17.6. The first kappa shape index (κ1) is 16.3. The third-order valence-electron chi connectivity index (χ3n) is 5.37. The lowest BCUT2D eigenvalue weighted by Gasteiger charge is -2.31. The number of ether oxygens (including phenoxy) is 1. The van der Waals surface area contributed by atoms with Gasteiger partial charge in [0.1, 0.15) is 0 Å². The van der Waals surface area contributed by atoms with Gasteiger partial charge in [-0.15, -0.1) is 0 Å². The number of piperidine rings is 1. The van der Waals surface area contributed by atoms with Gasteiger partial charge in [-0.1, -0.05) is 0 Å². The molecule has 1 fully saturated rings. The van der Waals surface area contributed by atoms with Crippen molar-refractivity contribution in [2.45, 2.75) is 51.2 Å². The van der Waals surface area contributed by atoms with Gasteiger partial charge in [0, 0.05) is 44.2 Å². The van der Waals surface area contributed by atoms with Crippen LogP contribution in [-0.2, 0) is 18.2 Å². The van der Waals surface area contributed by atoms with Gasteiger partial charge in [-0.3, -0.25) is 14.6 Å². The van der Waals surface area contributed by atoms with Crippen LogP contribution in [0.5, 0.6) is 0 Å². The number of nitrogens with zero attached hydrogens (tertiary/aromatic N) is 4. The Hall–Kier alpha value is -2.15. The maximum atomic E-state index is 13.0. The number of aromatic nitrogens is 4. The van der Waals surface area contributed by atoms with Crippen LogP contribution in [0, 0.1) is 0 Å². The number of H-pyrrole nitrogens is 1. The molecular formula is C18H25N5O2. The number of rotatable bonds is 2. The first-order valence-electron chi connectivity index (χ1n) is 9.04. The molecule has 7 heteroatoms. The van der Waals surface area contributed by atoms with Crippen LogP contribution in [0.15, 0.2) is 12.3 Å². The van der Waals surface area contributed by atoms with Crippen molar-refractivity contribution >= 4 is 5.91 Å². The fourth-order valence-corrected chi connectivity index (χ4v) is 4.03. The monoisotopic (exact) mass is 343 g/mol. The number of hydrogen-bond acceptors (Lipinski definition) is 4. The van der Waals surface area contributed by atoms with E-state index in [1.165, 1.54) is 0 Å². The maximum absolute atomic E-state index is 13.0. The van der Waals surface area contributed by atoms with E-state index in [0.29, 0.717) is 11.6 Å². The quantitative estimate of drug-likeness (QED) is 0.907. The third kappa shape index (κ3) is 2.97. The summed E-state index contributed by atoms with van der Waals surface area (Å²) in [5.74, 6) is 0.477. The van der Waals surface area contributed by atoms with Gasteiger partial charge in [-0.25, -0.2) is 0 Å². The van der Waals surface area contributed by atoms with Crippen LogP contribution >= 0.6 is 0 Å². The van der Waals surface area contributed by atoms with E-state index in [1.54, 1.807) is 0 Å². The van der Waals surface area contributed by atoms with Crippen LogP contribution in [0.4, 0.5) is 0 Å². The molecule has 2 aromatic heterocycles. The second kappa shape index (κ2) is 6.29. The first-order valence-corrected chi connectivity index (χ1v) is 9.04. The van der Waals surface area contributed by atoms with E-state index in [2.05, 4.69) is 21.4 Å². The molecule has 0 spiro atoms. The SMILES string of the molecule is C[C@@H]1Cc2c(C(=O)N3CCC(c4ccn(C)n4)CC3)n[nH]c2[C@H](C)O1. The molecular weight excluding hydrogens is 318 g/mol. The summed E-state index contributed by atoms with van der Waals surface area (Å²) in [5.41, 5.74) is 3.69. The third-order valence-corrected chi connectivity index (χ3v) is 5.37. The molecule has 0 aliphatic carbocycles. The van der Waals surface area contributed by atoms with Gasteiger partial charge in [0.25, 0.3) is 5.91 Å². The Morgan fingerprint density at radius 2 is 2.08 bits per heavy atom. The highest BCUT2D eigenvalue weighted by molar-refractivity contribution is 5.94. The lowest BCUT2D eigenvalue weighted by atomic mass is 9.93. The molecule has 1 N–H and O–H groups in total. The number of carbonyl (C=O) groups excluding carboxylic acids is 1. The summed E-state index contributed by atoms with van der Waals surface area (Å²) in [5, 5.41) is 11.9. The van der Waals surface area contributed by atoms with Crippen molar-refractivity contribution in [2.75, 3.05) is 13.1 Å². The molecule has 0 aromatic carbocycles. The molecule has 1 saturated heterocycles. The highest BCUT2D eigenvalue weighted by Gasteiger charge is 2.33. The predicted octanol–water partition coefficient (Wildman–Crippen LogP) is 2.19. The average Bonchev–Trinajstić information content (AvgIpc) is 3.21. The first-order chi connectivity index (χ1) is 12.0. The normalized spacial score (nSPS) is 24.4. The summed E-state index contributed by atoms with van der Waals surface area (Å²) in [4.78, 5) is 14.9. The molecule has 0 bridgehead atoms. The standard InChI is InChI=1S/C18H25N5O2/c1-11-10-14-16(12(2)25-11)19-20-17(14)18(24)23-8-4-13(5-9-23)15-6-7-22(3)21-15/h6-7,11-13H,4-5,8-10H2,1-3H3,(H,19,20)/t11-,12+/m1/s1. The molecule has 25 heavy (non-hydrogen) atoms. The smallest absolute Gasteiger partial charge is 0.274 e. The number of amides is 1. The zero-order valence-corrected chi connectivity index (χ0v) is 15.0. The highest BCUT2D eigenvalue weighted by Crippen LogP contribution is 2.32. The number of hydrogen-bond donors (Lipinski definition) is 1. The van der Waals surface area contributed by atoms with Crippen molar-refractivity contribution in [3.8, 4) is 0 Å². The van der Waals surface area contributed by atoms with Crippen LogP contribution in [-0.4, -0.2) is 50.0 Å². The van der Waals surface area contributed by atoms with Crippen molar-refractivity contribution in [1.29, 1.82) is 0 Å². The Balaban J connectivity index is 1.46. The Labute approximate surface area is 147 Å². The van der Waals surface area contributed by atoms with Gasteiger partial charge in [0.05, 0.1) is 23.6 Å². The minimum Gasteiger partial charge on any atom is -0.369 e. The van der Waals surface area contributed by atoms with Gasteiger partial charge >= 0.3 is 0 Å². The maximum Gasteiger partial charge on any atom is 0.274 e. The van der Waals surface area contributed by atoms with E-state index >= 15 is 0 Å². The van der Waals surface area contributed by atoms with E-state index in [0.717, 1.165) is 49.3 Å². The fourth-order valence-electron chi connectivity index (χ4n) is 4.03. The summed E-state index contributed by atoms with van der Waals surface area (Å²) >= 11 is 0. The molecule has 2 aromatic rings. The molecule has 0 unspecified atom stereocenters. The number of carbonyl (C=O) groups is 1. The zero-order valence-electron chi connectivity index (χ0n) is 15.0. The summed E-state index contributed by atoms with van der Waals surface area (Å²) in [6.45, 7) is 5.55. The Bertz CT molecular complexity index is 772. The summed E-state index contributed by atoms with van der Waals surface area (Å²) in [6.07, 6.45) is 4.69.